The summed E-state index contributed by atoms with van der Waals surface area (Å²) in [5.41, 5.74) is 2.43. The summed E-state index contributed by atoms with van der Waals surface area (Å²) in [5.74, 6) is 0. The van der Waals surface area contributed by atoms with E-state index >= 15 is 0 Å². The molecule has 2 rings (SSSR count). The molecule has 0 saturated carbocycles. The van der Waals surface area contributed by atoms with E-state index in [9.17, 15) is 0 Å². The lowest BCUT2D eigenvalue weighted by Crippen LogP contribution is -2.43. The Hall–Kier alpha value is -0.540. The van der Waals surface area contributed by atoms with Gasteiger partial charge in [0.2, 0.25) is 0 Å². The molecule has 0 spiro atoms. The Morgan fingerprint density at radius 3 is 2.82 bits per heavy atom. The molecule has 17 heavy (non-hydrogen) atoms. The molecule has 0 aliphatic carbocycles. The van der Waals surface area contributed by atoms with Gasteiger partial charge in [-0.15, -0.1) is 0 Å². The van der Waals surface area contributed by atoms with Gasteiger partial charge >= 0.3 is 0 Å². The van der Waals surface area contributed by atoms with Crippen LogP contribution in [-0.2, 0) is 13.5 Å². The maximum Gasteiger partial charge on any atom is 0.130 e. The van der Waals surface area contributed by atoms with Crippen LogP contribution in [0.2, 0.25) is 5.15 Å². The van der Waals surface area contributed by atoms with E-state index in [1.165, 1.54) is 31.2 Å². The number of nitrogens with one attached hydrogen (secondary N) is 1. The van der Waals surface area contributed by atoms with Crippen LogP contribution in [0.15, 0.2) is 0 Å². The van der Waals surface area contributed by atoms with Gasteiger partial charge in [0.15, 0.2) is 0 Å². The first-order chi connectivity index (χ1) is 8.02. The molecule has 3 nitrogen and oxygen atoms in total. The molecule has 1 fully saturated rings. The fourth-order valence-electron chi connectivity index (χ4n) is 2.71. The second-order valence-electron chi connectivity index (χ2n) is 5.45. The highest BCUT2D eigenvalue weighted by atomic mass is 35.5. The van der Waals surface area contributed by atoms with Crippen molar-refractivity contribution >= 4 is 11.6 Å². The van der Waals surface area contributed by atoms with Crippen molar-refractivity contribution in [2.75, 3.05) is 6.54 Å². The standard InChI is InChI=1S/C13H22ClN3/c1-10-11(12(14)17(3)16-10)9-13(2)7-5-4-6-8-15-13/h15H,4-9H2,1-3H3. The summed E-state index contributed by atoms with van der Waals surface area (Å²) >= 11 is 6.31. The zero-order chi connectivity index (χ0) is 12.5. The summed E-state index contributed by atoms with van der Waals surface area (Å²) in [6.07, 6.45) is 6.13. The molecule has 1 N–H and O–H groups in total. The highest BCUT2D eigenvalue weighted by Crippen LogP contribution is 2.28. The van der Waals surface area contributed by atoms with Crippen LogP contribution in [0, 0.1) is 6.92 Å². The van der Waals surface area contributed by atoms with Crippen LogP contribution in [0.25, 0.3) is 0 Å². The number of hydrogen-bond donors (Lipinski definition) is 1. The van der Waals surface area contributed by atoms with Crippen LogP contribution >= 0.6 is 11.6 Å². The SMILES string of the molecule is Cc1nn(C)c(Cl)c1CC1(C)CCCCCN1. The van der Waals surface area contributed by atoms with Crippen LogP contribution < -0.4 is 5.32 Å². The van der Waals surface area contributed by atoms with E-state index in [0.29, 0.717) is 0 Å². The van der Waals surface area contributed by atoms with Crippen molar-refractivity contribution in [1.29, 1.82) is 0 Å². The van der Waals surface area contributed by atoms with Gasteiger partial charge in [0.05, 0.1) is 5.69 Å². The Labute approximate surface area is 109 Å². The number of nitrogens with zero attached hydrogens (tertiary/aromatic N) is 2. The molecule has 4 heteroatoms. The summed E-state index contributed by atoms with van der Waals surface area (Å²) in [6, 6.07) is 0. The molecule has 1 unspecified atom stereocenters. The lowest BCUT2D eigenvalue weighted by Gasteiger charge is -2.29. The zero-order valence-electron chi connectivity index (χ0n) is 11.0. The first kappa shape index (κ1) is 12.9. The number of aryl methyl sites for hydroxylation is 2. The molecule has 1 aromatic heterocycles. The molecule has 1 aromatic rings. The Kier molecular flexibility index (Phi) is 3.79. The smallest absolute Gasteiger partial charge is 0.130 e. The first-order valence-electron chi connectivity index (χ1n) is 6.45. The summed E-state index contributed by atoms with van der Waals surface area (Å²) in [7, 11) is 1.90. The topological polar surface area (TPSA) is 29.9 Å². The molecule has 1 saturated heterocycles. The maximum absolute atomic E-state index is 6.31. The van der Waals surface area contributed by atoms with Gasteiger partial charge in [-0.2, -0.15) is 5.10 Å². The summed E-state index contributed by atoms with van der Waals surface area (Å²) in [5, 5.41) is 8.85. The van der Waals surface area contributed by atoms with Crippen LogP contribution in [0.3, 0.4) is 0 Å². The number of hydrogen-bond acceptors (Lipinski definition) is 2. The second-order valence-corrected chi connectivity index (χ2v) is 5.81. The van der Waals surface area contributed by atoms with Crippen LogP contribution in [0.4, 0.5) is 0 Å². The Bertz CT molecular complexity index is 390. The van der Waals surface area contributed by atoms with Gasteiger partial charge in [0.1, 0.15) is 5.15 Å². The summed E-state index contributed by atoms with van der Waals surface area (Å²) < 4.78 is 1.77. The Balaban J connectivity index is 2.18. The highest BCUT2D eigenvalue weighted by Gasteiger charge is 2.28. The molecule has 1 atom stereocenters. The van der Waals surface area contributed by atoms with E-state index in [1.807, 2.05) is 14.0 Å². The third kappa shape index (κ3) is 2.83. The summed E-state index contributed by atoms with van der Waals surface area (Å²) in [4.78, 5) is 0. The monoisotopic (exact) mass is 255 g/mol. The molecular weight excluding hydrogens is 234 g/mol. The van der Waals surface area contributed by atoms with Crippen LogP contribution in [-0.4, -0.2) is 21.9 Å². The number of rotatable bonds is 2. The third-order valence-electron chi connectivity index (χ3n) is 3.79. The van der Waals surface area contributed by atoms with Gasteiger partial charge in [-0.25, -0.2) is 0 Å². The van der Waals surface area contributed by atoms with Crippen molar-refractivity contribution in [1.82, 2.24) is 15.1 Å². The van der Waals surface area contributed by atoms with E-state index in [2.05, 4.69) is 17.3 Å². The fraction of sp³-hybridized carbons (Fsp3) is 0.769. The van der Waals surface area contributed by atoms with E-state index in [1.54, 1.807) is 4.68 Å². The van der Waals surface area contributed by atoms with Crippen LogP contribution in [0.5, 0.6) is 0 Å². The molecular formula is C13H22ClN3. The van der Waals surface area contributed by atoms with Crippen molar-refractivity contribution in [3.05, 3.63) is 16.4 Å². The second kappa shape index (κ2) is 4.99. The molecule has 1 aliphatic heterocycles. The van der Waals surface area contributed by atoms with Crippen molar-refractivity contribution in [2.24, 2.45) is 7.05 Å². The van der Waals surface area contributed by atoms with Crippen molar-refractivity contribution in [3.63, 3.8) is 0 Å². The minimum atomic E-state index is 0.175. The molecule has 0 bridgehead atoms. The third-order valence-corrected chi connectivity index (χ3v) is 4.27. The van der Waals surface area contributed by atoms with Crippen molar-refractivity contribution < 1.29 is 0 Å². The van der Waals surface area contributed by atoms with Gasteiger partial charge in [0, 0.05) is 18.2 Å². The first-order valence-corrected chi connectivity index (χ1v) is 6.83. The predicted octanol–water partition coefficient (Wildman–Crippen LogP) is 2.85. The van der Waals surface area contributed by atoms with Gasteiger partial charge in [-0.1, -0.05) is 24.4 Å². The van der Waals surface area contributed by atoms with Gasteiger partial charge < -0.3 is 5.32 Å². The maximum atomic E-state index is 6.31. The Morgan fingerprint density at radius 1 is 1.41 bits per heavy atom. The zero-order valence-corrected chi connectivity index (χ0v) is 11.8. The normalized spacial score (nSPS) is 25.9. The minimum Gasteiger partial charge on any atom is -0.311 e. The van der Waals surface area contributed by atoms with Gasteiger partial charge in [0.25, 0.3) is 0 Å². The average Bonchev–Trinajstić information content (AvgIpc) is 2.48. The molecule has 96 valence electrons. The van der Waals surface area contributed by atoms with E-state index in [-0.39, 0.29) is 5.54 Å². The van der Waals surface area contributed by atoms with Crippen molar-refractivity contribution in [3.8, 4) is 0 Å². The van der Waals surface area contributed by atoms with E-state index in [0.717, 1.165) is 23.8 Å². The number of aromatic nitrogens is 2. The lowest BCUT2D eigenvalue weighted by atomic mass is 9.89. The average molecular weight is 256 g/mol. The van der Waals surface area contributed by atoms with Crippen molar-refractivity contribution in [2.45, 2.75) is 51.5 Å². The quantitative estimate of drug-likeness (QED) is 0.881. The summed E-state index contributed by atoms with van der Waals surface area (Å²) in [6.45, 7) is 5.47. The van der Waals surface area contributed by atoms with Gasteiger partial charge in [-0.3, -0.25) is 4.68 Å². The molecule has 0 radical (unpaired) electrons. The minimum absolute atomic E-state index is 0.175. The Morgan fingerprint density at radius 2 is 2.18 bits per heavy atom. The predicted molar refractivity (Wildman–Crippen MR) is 71.5 cm³/mol. The largest absolute Gasteiger partial charge is 0.311 e. The van der Waals surface area contributed by atoms with Crippen LogP contribution in [0.1, 0.15) is 43.9 Å². The highest BCUT2D eigenvalue weighted by molar-refractivity contribution is 6.30. The molecule has 0 amide bonds. The molecule has 0 aromatic carbocycles. The molecule has 2 heterocycles. The molecule has 1 aliphatic rings. The van der Waals surface area contributed by atoms with Gasteiger partial charge in [-0.05, 0) is 39.7 Å². The fourth-order valence-corrected chi connectivity index (χ4v) is 2.95. The van der Waals surface area contributed by atoms with E-state index in [4.69, 9.17) is 11.6 Å². The number of halogens is 1. The van der Waals surface area contributed by atoms with E-state index < -0.39 is 0 Å². The lowest BCUT2D eigenvalue weighted by molar-refractivity contribution is 0.345.